The predicted molar refractivity (Wildman–Crippen MR) is 136 cm³/mol. The van der Waals surface area contributed by atoms with Crippen LogP contribution < -0.4 is 10.2 Å². The van der Waals surface area contributed by atoms with Crippen molar-refractivity contribution >= 4 is 26.1 Å². The molecule has 0 spiro atoms. The van der Waals surface area contributed by atoms with Crippen LogP contribution in [-0.2, 0) is 6.42 Å². The van der Waals surface area contributed by atoms with Gasteiger partial charge < -0.3 is 4.57 Å². The molecule has 0 amide bonds. The molecule has 0 radical (unpaired) electrons. The molecule has 2 fully saturated rings. The third-order valence-corrected chi connectivity index (χ3v) is 7.09. The van der Waals surface area contributed by atoms with E-state index in [1.807, 2.05) is 24.8 Å². The summed E-state index contributed by atoms with van der Waals surface area (Å²) in [6.45, 7) is 8.37. The summed E-state index contributed by atoms with van der Waals surface area (Å²) in [5.41, 5.74) is 9.81. The van der Waals surface area contributed by atoms with Gasteiger partial charge in [-0.2, -0.15) is 5.26 Å². The van der Waals surface area contributed by atoms with Crippen molar-refractivity contribution in [3.05, 3.63) is 47.7 Å². The van der Waals surface area contributed by atoms with Crippen molar-refractivity contribution in [1.82, 2.24) is 15.0 Å². The van der Waals surface area contributed by atoms with Crippen LogP contribution in [0.4, 0.5) is 5.69 Å². The van der Waals surface area contributed by atoms with E-state index in [4.69, 9.17) is 4.98 Å². The highest BCUT2D eigenvalue weighted by Gasteiger charge is 2.38. The van der Waals surface area contributed by atoms with Crippen LogP contribution in [0.15, 0.2) is 36.5 Å². The molecular formula is C26H34N5P. The van der Waals surface area contributed by atoms with Crippen LogP contribution in [0.1, 0.15) is 77.0 Å². The van der Waals surface area contributed by atoms with Gasteiger partial charge in [-0.25, -0.2) is 10.4 Å². The second-order valence-electron chi connectivity index (χ2n) is 8.95. The van der Waals surface area contributed by atoms with E-state index in [2.05, 4.69) is 69.6 Å². The lowest BCUT2D eigenvalue weighted by atomic mass is 9.92. The van der Waals surface area contributed by atoms with E-state index < -0.39 is 0 Å². The van der Waals surface area contributed by atoms with Gasteiger partial charge in [-0.3, -0.25) is 4.78 Å². The SMILES string of the molecule is CC.CCc1cnc2c(c1)c(C#N)c(-c1ccc(N(P)NC3(C)CC3)cc1)n2C1CCC1. The zero-order chi connectivity index (χ0) is 22.9. The lowest BCUT2D eigenvalue weighted by Crippen LogP contribution is -2.38. The molecule has 2 heterocycles. The minimum absolute atomic E-state index is 0.216. The van der Waals surface area contributed by atoms with E-state index in [0.29, 0.717) is 6.04 Å². The molecule has 1 aromatic carbocycles. The molecule has 6 heteroatoms. The van der Waals surface area contributed by atoms with Gasteiger partial charge in [-0.1, -0.05) is 32.9 Å². The number of rotatable bonds is 6. The Morgan fingerprint density at radius 2 is 1.94 bits per heavy atom. The maximum absolute atomic E-state index is 10.1. The first-order valence-electron chi connectivity index (χ1n) is 11.9. The summed E-state index contributed by atoms with van der Waals surface area (Å²) in [7, 11) is 2.76. The zero-order valence-electron chi connectivity index (χ0n) is 19.7. The van der Waals surface area contributed by atoms with Crippen molar-refractivity contribution in [2.75, 3.05) is 4.78 Å². The molecule has 5 nitrogen and oxygen atoms in total. The van der Waals surface area contributed by atoms with E-state index in [9.17, 15) is 5.26 Å². The average Bonchev–Trinajstić information content (AvgIpc) is 3.43. The van der Waals surface area contributed by atoms with Crippen molar-refractivity contribution in [2.45, 2.75) is 77.8 Å². The molecule has 0 aliphatic heterocycles. The lowest BCUT2D eigenvalue weighted by Gasteiger charge is -2.30. The molecule has 1 atom stereocenters. The number of hydrogen-bond acceptors (Lipinski definition) is 4. The fraction of sp³-hybridized carbons (Fsp3) is 0.462. The Balaban J connectivity index is 0.00000119. The minimum atomic E-state index is 0.216. The summed E-state index contributed by atoms with van der Waals surface area (Å²) in [6.07, 6.45) is 8.83. The first-order chi connectivity index (χ1) is 15.5. The summed E-state index contributed by atoms with van der Waals surface area (Å²) < 4.78 is 4.35. The highest BCUT2D eigenvalue weighted by atomic mass is 31.0. The molecule has 2 saturated carbocycles. The molecule has 168 valence electrons. The van der Waals surface area contributed by atoms with Gasteiger partial charge in [-0.15, -0.1) is 0 Å². The largest absolute Gasteiger partial charge is 0.321 e. The lowest BCUT2D eigenvalue weighted by molar-refractivity contribution is 0.323. The van der Waals surface area contributed by atoms with Gasteiger partial charge in [0.15, 0.2) is 0 Å². The predicted octanol–water partition coefficient (Wildman–Crippen LogP) is 6.54. The minimum Gasteiger partial charge on any atom is -0.321 e. The van der Waals surface area contributed by atoms with Crippen molar-refractivity contribution in [3.8, 4) is 17.3 Å². The molecule has 2 aliphatic carbocycles. The number of hydrazine groups is 1. The molecular weight excluding hydrogens is 413 g/mol. The van der Waals surface area contributed by atoms with Gasteiger partial charge in [0.25, 0.3) is 0 Å². The van der Waals surface area contributed by atoms with Crippen molar-refractivity contribution < 1.29 is 0 Å². The Labute approximate surface area is 194 Å². The number of aryl methyl sites for hydroxylation is 1. The summed E-state index contributed by atoms with van der Waals surface area (Å²) in [5, 5.41) is 11.1. The topological polar surface area (TPSA) is 56.9 Å². The highest BCUT2D eigenvalue weighted by Crippen LogP contribution is 2.42. The number of nitrogens with one attached hydrogen (secondary N) is 1. The monoisotopic (exact) mass is 447 g/mol. The van der Waals surface area contributed by atoms with Crippen LogP contribution in [0.2, 0.25) is 0 Å². The number of benzene rings is 1. The molecule has 0 saturated heterocycles. The van der Waals surface area contributed by atoms with Gasteiger partial charge >= 0.3 is 0 Å². The smallest absolute Gasteiger partial charge is 0.141 e. The van der Waals surface area contributed by atoms with Gasteiger partial charge in [0.1, 0.15) is 11.7 Å². The van der Waals surface area contributed by atoms with Gasteiger partial charge in [-0.05, 0) is 84.2 Å². The van der Waals surface area contributed by atoms with E-state index >= 15 is 0 Å². The number of fused-ring (bicyclic) bond motifs is 1. The normalized spacial score (nSPS) is 16.6. The molecule has 2 aliphatic rings. The Hall–Kier alpha value is -2.41. The molecule has 1 unspecified atom stereocenters. The number of aromatic nitrogens is 2. The molecule has 32 heavy (non-hydrogen) atoms. The van der Waals surface area contributed by atoms with Crippen LogP contribution in [0, 0.1) is 11.3 Å². The van der Waals surface area contributed by atoms with E-state index in [0.717, 1.165) is 52.8 Å². The number of nitriles is 1. The van der Waals surface area contributed by atoms with Gasteiger partial charge in [0, 0.05) is 23.2 Å². The van der Waals surface area contributed by atoms with Crippen LogP contribution in [0.25, 0.3) is 22.3 Å². The Kier molecular flexibility index (Phi) is 6.56. The third-order valence-electron chi connectivity index (χ3n) is 6.67. The van der Waals surface area contributed by atoms with Crippen LogP contribution >= 0.6 is 9.39 Å². The van der Waals surface area contributed by atoms with E-state index in [1.165, 1.54) is 24.8 Å². The second kappa shape index (κ2) is 9.22. The van der Waals surface area contributed by atoms with Crippen LogP contribution in [0.5, 0.6) is 0 Å². The summed E-state index contributed by atoms with van der Waals surface area (Å²) >= 11 is 0. The molecule has 5 rings (SSSR count). The van der Waals surface area contributed by atoms with E-state index in [1.54, 1.807) is 0 Å². The Morgan fingerprint density at radius 3 is 2.47 bits per heavy atom. The zero-order valence-corrected chi connectivity index (χ0v) is 20.8. The van der Waals surface area contributed by atoms with Crippen molar-refractivity contribution in [3.63, 3.8) is 0 Å². The molecule has 2 aromatic heterocycles. The first-order valence-corrected chi connectivity index (χ1v) is 12.4. The molecule has 3 aromatic rings. The van der Waals surface area contributed by atoms with Crippen LogP contribution in [-0.4, -0.2) is 15.1 Å². The van der Waals surface area contributed by atoms with Crippen molar-refractivity contribution in [2.24, 2.45) is 0 Å². The number of hydrogen-bond donors (Lipinski definition) is 1. The van der Waals surface area contributed by atoms with Crippen molar-refractivity contribution in [1.29, 1.82) is 5.26 Å². The number of pyridine rings is 1. The summed E-state index contributed by atoms with van der Waals surface area (Å²) in [4.78, 5) is 4.79. The van der Waals surface area contributed by atoms with E-state index in [-0.39, 0.29) is 5.54 Å². The molecule has 0 bridgehead atoms. The summed E-state index contributed by atoms with van der Waals surface area (Å²) in [5.74, 6) is 0. The highest BCUT2D eigenvalue weighted by molar-refractivity contribution is 7.18. The second-order valence-corrected chi connectivity index (χ2v) is 9.46. The fourth-order valence-corrected chi connectivity index (χ4v) is 4.74. The first kappa shape index (κ1) is 22.8. The fourth-order valence-electron chi connectivity index (χ4n) is 4.26. The number of anilines is 1. The number of nitrogens with zero attached hydrogens (tertiary/aromatic N) is 4. The third kappa shape index (κ3) is 4.15. The standard InChI is InChI=1S/C24H28N5P.C2H6/c1-3-16-13-20-21(14-25)22(28(18-5-4-6-18)23(20)26-15-16)17-7-9-19(10-8-17)29(30)27-24(2)11-12-24;1-2/h7-10,13,15,18,27H,3-6,11-12,30H2,1-2H3;1-2H3. The van der Waals surface area contributed by atoms with Gasteiger partial charge in [0.05, 0.1) is 16.9 Å². The quantitative estimate of drug-likeness (QED) is 0.344. The molecule has 1 N–H and O–H groups in total. The van der Waals surface area contributed by atoms with Crippen LogP contribution in [0.3, 0.4) is 0 Å². The average molecular weight is 448 g/mol. The summed E-state index contributed by atoms with van der Waals surface area (Å²) in [6, 6.07) is 13.6. The maximum atomic E-state index is 10.1. The maximum Gasteiger partial charge on any atom is 0.141 e. The Morgan fingerprint density at radius 1 is 1.25 bits per heavy atom. The Bertz CT molecular complexity index is 1130. The van der Waals surface area contributed by atoms with Gasteiger partial charge in [0.2, 0.25) is 0 Å².